The van der Waals surface area contributed by atoms with Crippen molar-refractivity contribution in [2.75, 3.05) is 0 Å². The lowest BCUT2D eigenvalue weighted by atomic mass is 10.1. The van der Waals surface area contributed by atoms with Crippen molar-refractivity contribution in [2.24, 2.45) is 0 Å². The molecular formula is C10H14N2O. The molecule has 0 aromatic carbocycles. The summed E-state index contributed by atoms with van der Waals surface area (Å²) >= 11 is 0. The lowest BCUT2D eigenvalue weighted by Gasteiger charge is -2.05. The van der Waals surface area contributed by atoms with Gasteiger partial charge in [0, 0.05) is 0 Å². The number of aryl methyl sites for hydroxylation is 2. The number of nitrogens with zero attached hydrogens (tertiary/aromatic N) is 2. The first-order valence-electron chi connectivity index (χ1n) is 4.48. The van der Waals surface area contributed by atoms with Gasteiger partial charge in [-0.05, 0) is 20.3 Å². The number of aromatic nitrogens is 2. The number of carbonyl (C=O) groups is 1. The molecule has 1 heterocycles. The summed E-state index contributed by atoms with van der Waals surface area (Å²) in [5, 5.41) is 0. The molecule has 0 N–H and O–H groups in total. The first-order chi connectivity index (χ1) is 6.16. The van der Waals surface area contributed by atoms with Crippen LogP contribution in [0.5, 0.6) is 0 Å². The molecule has 0 saturated heterocycles. The van der Waals surface area contributed by atoms with Gasteiger partial charge < -0.3 is 0 Å². The van der Waals surface area contributed by atoms with Crippen molar-refractivity contribution in [3.63, 3.8) is 0 Å². The molecule has 0 aliphatic carbocycles. The van der Waals surface area contributed by atoms with Crippen LogP contribution in [0.4, 0.5) is 0 Å². The second kappa shape index (κ2) is 4.12. The fourth-order valence-corrected chi connectivity index (χ4v) is 1.41. The topological polar surface area (TPSA) is 42.9 Å². The van der Waals surface area contributed by atoms with Gasteiger partial charge >= 0.3 is 0 Å². The molecule has 0 atom stereocenters. The van der Waals surface area contributed by atoms with Crippen LogP contribution in [-0.4, -0.2) is 15.8 Å². The largest absolute Gasteiger partial charge is 0.294 e. The predicted molar refractivity (Wildman–Crippen MR) is 50.8 cm³/mol. The number of hydrogen-bond acceptors (Lipinski definition) is 3. The molecule has 1 aromatic rings. The van der Waals surface area contributed by atoms with Gasteiger partial charge in [0.2, 0.25) is 0 Å². The number of hydrogen-bond donors (Lipinski definition) is 0. The van der Waals surface area contributed by atoms with Crippen LogP contribution < -0.4 is 0 Å². The zero-order valence-electron chi connectivity index (χ0n) is 8.29. The van der Waals surface area contributed by atoms with E-state index >= 15 is 0 Å². The van der Waals surface area contributed by atoms with Gasteiger partial charge in [0.1, 0.15) is 6.33 Å². The average Bonchev–Trinajstić information content (AvgIpc) is 2.04. The third-order valence-corrected chi connectivity index (χ3v) is 1.95. The summed E-state index contributed by atoms with van der Waals surface area (Å²) < 4.78 is 0. The van der Waals surface area contributed by atoms with Crippen LogP contribution in [0.1, 0.15) is 42.0 Å². The minimum Gasteiger partial charge on any atom is -0.294 e. The molecule has 1 rings (SSSR count). The summed E-state index contributed by atoms with van der Waals surface area (Å²) in [7, 11) is 0. The van der Waals surface area contributed by atoms with E-state index in [0.29, 0.717) is 5.56 Å². The van der Waals surface area contributed by atoms with E-state index in [1.807, 2.05) is 6.92 Å². The number of rotatable bonds is 3. The Morgan fingerprint density at radius 2 is 2.15 bits per heavy atom. The van der Waals surface area contributed by atoms with Crippen LogP contribution in [-0.2, 0) is 6.42 Å². The van der Waals surface area contributed by atoms with Gasteiger partial charge in [-0.2, -0.15) is 0 Å². The SMILES string of the molecule is CCCc1ncnc(C)c1C(C)=O. The van der Waals surface area contributed by atoms with Crippen molar-refractivity contribution in [1.82, 2.24) is 9.97 Å². The molecule has 1 aromatic heterocycles. The van der Waals surface area contributed by atoms with Crippen molar-refractivity contribution in [3.8, 4) is 0 Å². The Hall–Kier alpha value is -1.25. The second-order valence-corrected chi connectivity index (χ2v) is 3.09. The smallest absolute Gasteiger partial charge is 0.163 e. The zero-order chi connectivity index (χ0) is 9.84. The first-order valence-corrected chi connectivity index (χ1v) is 4.48. The molecule has 70 valence electrons. The molecule has 3 nitrogen and oxygen atoms in total. The van der Waals surface area contributed by atoms with Gasteiger partial charge in [-0.3, -0.25) is 4.79 Å². The average molecular weight is 178 g/mol. The summed E-state index contributed by atoms with van der Waals surface area (Å²) in [5.41, 5.74) is 2.36. The molecule has 0 amide bonds. The Morgan fingerprint density at radius 1 is 1.46 bits per heavy atom. The van der Waals surface area contributed by atoms with Gasteiger partial charge in [0.15, 0.2) is 5.78 Å². The number of ketones is 1. The van der Waals surface area contributed by atoms with Crippen LogP contribution in [0.15, 0.2) is 6.33 Å². The lowest BCUT2D eigenvalue weighted by Crippen LogP contribution is -2.06. The highest BCUT2D eigenvalue weighted by Crippen LogP contribution is 2.11. The van der Waals surface area contributed by atoms with E-state index in [-0.39, 0.29) is 5.78 Å². The van der Waals surface area contributed by atoms with Gasteiger partial charge in [0.05, 0.1) is 17.0 Å². The highest BCUT2D eigenvalue weighted by atomic mass is 16.1. The minimum atomic E-state index is 0.0570. The van der Waals surface area contributed by atoms with Crippen LogP contribution in [0.2, 0.25) is 0 Å². The quantitative estimate of drug-likeness (QED) is 0.664. The monoisotopic (exact) mass is 178 g/mol. The van der Waals surface area contributed by atoms with Gasteiger partial charge in [-0.1, -0.05) is 13.3 Å². The molecule has 0 aliphatic heterocycles. The zero-order valence-corrected chi connectivity index (χ0v) is 8.29. The van der Waals surface area contributed by atoms with E-state index in [1.54, 1.807) is 6.92 Å². The molecule has 3 heteroatoms. The highest BCUT2D eigenvalue weighted by molar-refractivity contribution is 5.96. The van der Waals surface area contributed by atoms with Gasteiger partial charge in [0.25, 0.3) is 0 Å². The molecule has 0 radical (unpaired) electrons. The second-order valence-electron chi connectivity index (χ2n) is 3.09. The highest BCUT2D eigenvalue weighted by Gasteiger charge is 2.11. The fourth-order valence-electron chi connectivity index (χ4n) is 1.41. The van der Waals surface area contributed by atoms with Crippen molar-refractivity contribution < 1.29 is 4.79 Å². The minimum absolute atomic E-state index is 0.0570. The Bertz CT molecular complexity index is 321. The Balaban J connectivity index is 3.17. The molecule has 13 heavy (non-hydrogen) atoms. The molecule has 0 saturated carbocycles. The number of Topliss-reactive ketones (excluding diaryl/α,β-unsaturated/α-hetero) is 1. The third-order valence-electron chi connectivity index (χ3n) is 1.95. The molecule has 0 aliphatic rings. The van der Waals surface area contributed by atoms with E-state index < -0.39 is 0 Å². The van der Waals surface area contributed by atoms with Gasteiger partial charge in [-0.15, -0.1) is 0 Å². The van der Waals surface area contributed by atoms with Crippen LogP contribution in [0.3, 0.4) is 0 Å². The van der Waals surface area contributed by atoms with Crippen LogP contribution >= 0.6 is 0 Å². The van der Waals surface area contributed by atoms with Gasteiger partial charge in [-0.25, -0.2) is 9.97 Å². The van der Waals surface area contributed by atoms with Crippen molar-refractivity contribution in [3.05, 3.63) is 23.3 Å². The molecule has 0 fully saturated rings. The standard InChI is InChI=1S/C10H14N2O/c1-4-5-9-10(8(3)13)7(2)11-6-12-9/h6H,4-5H2,1-3H3. The molecular weight excluding hydrogens is 164 g/mol. The van der Waals surface area contributed by atoms with E-state index in [1.165, 1.54) is 6.33 Å². The van der Waals surface area contributed by atoms with Crippen molar-refractivity contribution in [2.45, 2.75) is 33.6 Å². The van der Waals surface area contributed by atoms with E-state index in [0.717, 1.165) is 24.2 Å². The Labute approximate surface area is 78.2 Å². The van der Waals surface area contributed by atoms with Crippen molar-refractivity contribution in [1.29, 1.82) is 0 Å². The maximum absolute atomic E-state index is 11.3. The van der Waals surface area contributed by atoms with Crippen LogP contribution in [0.25, 0.3) is 0 Å². The molecule has 0 bridgehead atoms. The van der Waals surface area contributed by atoms with E-state index in [9.17, 15) is 4.79 Å². The maximum Gasteiger partial charge on any atom is 0.163 e. The Kier molecular flexibility index (Phi) is 3.12. The van der Waals surface area contributed by atoms with Crippen LogP contribution in [0, 0.1) is 6.92 Å². The maximum atomic E-state index is 11.3. The van der Waals surface area contributed by atoms with E-state index in [4.69, 9.17) is 0 Å². The Morgan fingerprint density at radius 3 is 2.69 bits per heavy atom. The first kappa shape index (κ1) is 9.84. The fraction of sp³-hybridized carbons (Fsp3) is 0.500. The predicted octanol–water partition coefficient (Wildman–Crippen LogP) is 1.94. The number of carbonyl (C=O) groups excluding carboxylic acids is 1. The molecule has 0 spiro atoms. The normalized spacial score (nSPS) is 10.1. The third kappa shape index (κ3) is 2.11. The molecule has 0 unspecified atom stereocenters. The summed E-state index contributed by atoms with van der Waals surface area (Å²) in [5.74, 6) is 0.0570. The summed E-state index contributed by atoms with van der Waals surface area (Å²) in [6.07, 6.45) is 3.36. The lowest BCUT2D eigenvalue weighted by molar-refractivity contribution is 0.101. The van der Waals surface area contributed by atoms with Crippen molar-refractivity contribution >= 4 is 5.78 Å². The summed E-state index contributed by atoms with van der Waals surface area (Å²) in [6.45, 7) is 5.48. The summed E-state index contributed by atoms with van der Waals surface area (Å²) in [6, 6.07) is 0. The van der Waals surface area contributed by atoms with E-state index in [2.05, 4.69) is 16.9 Å². The summed E-state index contributed by atoms with van der Waals surface area (Å²) in [4.78, 5) is 19.4.